The van der Waals surface area contributed by atoms with Crippen molar-refractivity contribution in [2.75, 3.05) is 0 Å². The summed E-state index contributed by atoms with van der Waals surface area (Å²) in [7, 11) is 0. The Labute approximate surface area is 134 Å². The second-order valence-electron chi connectivity index (χ2n) is 6.10. The quantitative estimate of drug-likeness (QED) is 0.760. The molecule has 0 saturated carbocycles. The van der Waals surface area contributed by atoms with Crippen LogP contribution in [0, 0.1) is 13.8 Å². The number of amides is 1. The maximum atomic E-state index is 12.6. The summed E-state index contributed by atoms with van der Waals surface area (Å²) in [6.45, 7) is 5.02. The van der Waals surface area contributed by atoms with E-state index in [2.05, 4.69) is 10.3 Å². The molecule has 1 heterocycles. The number of nitrogens with one attached hydrogen (secondary N) is 2. The molecular formula is C18H20N2O3. The molecule has 1 aromatic carbocycles. The molecule has 1 amide bonds. The summed E-state index contributed by atoms with van der Waals surface area (Å²) >= 11 is 0. The van der Waals surface area contributed by atoms with Gasteiger partial charge in [0.1, 0.15) is 5.69 Å². The van der Waals surface area contributed by atoms with Crippen LogP contribution in [0.4, 0.5) is 0 Å². The van der Waals surface area contributed by atoms with Gasteiger partial charge in [-0.1, -0.05) is 24.3 Å². The van der Waals surface area contributed by atoms with Gasteiger partial charge in [0.05, 0.1) is 12.1 Å². The predicted molar refractivity (Wildman–Crippen MR) is 86.6 cm³/mol. The monoisotopic (exact) mass is 312 g/mol. The van der Waals surface area contributed by atoms with Crippen molar-refractivity contribution < 1.29 is 14.7 Å². The highest BCUT2D eigenvalue weighted by molar-refractivity contribution is 6.02. The molecule has 1 aliphatic rings. The number of carbonyl (C=O) groups excluding carboxylic acids is 2. The lowest BCUT2D eigenvalue weighted by molar-refractivity contribution is 0.0853. The summed E-state index contributed by atoms with van der Waals surface area (Å²) in [5.74, 6) is -0.375. The van der Waals surface area contributed by atoms with Crippen LogP contribution in [0.1, 0.15) is 56.2 Å². The number of Topliss-reactive ketones (excluding diaryl/α,β-unsaturated/α-hetero) is 1. The third-order valence-corrected chi connectivity index (χ3v) is 4.51. The summed E-state index contributed by atoms with van der Waals surface area (Å²) < 4.78 is 0. The second-order valence-corrected chi connectivity index (χ2v) is 6.10. The molecule has 0 spiro atoms. The van der Waals surface area contributed by atoms with Crippen LogP contribution in [0.15, 0.2) is 24.3 Å². The van der Waals surface area contributed by atoms with Gasteiger partial charge in [0.15, 0.2) is 5.78 Å². The predicted octanol–water partition coefficient (Wildman–Crippen LogP) is 2.22. The van der Waals surface area contributed by atoms with E-state index in [9.17, 15) is 14.7 Å². The van der Waals surface area contributed by atoms with Gasteiger partial charge in [-0.05, 0) is 37.5 Å². The van der Waals surface area contributed by atoms with E-state index in [0.29, 0.717) is 28.9 Å². The van der Waals surface area contributed by atoms with Crippen LogP contribution in [0.2, 0.25) is 0 Å². The number of benzene rings is 1. The lowest BCUT2D eigenvalue weighted by Gasteiger charge is -2.17. The van der Waals surface area contributed by atoms with Gasteiger partial charge in [-0.2, -0.15) is 0 Å². The summed E-state index contributed by atoms with van der Waals surface area (Å²) in [4.78, 5) is 27.3. The summed E-state index contributed by atoms with van der Waals surface area (Å²) in [5.41, 5.74) is 4.27. The first-order chi connectivity index (χ1) is 10.9. The van der Waals surface area contributed by atoms with E-state index in [4.69, 9.17) is 0 Å². The third-order valence-electron chi connectivity index (χ3n) is 4.51. The number of H-pyrrole nitrogens is 1. The summed E-state index contributed by atoms with van der Waals surface area (Å²) in [5, 5.41) is 13.1. The van der Waals surface area contributed by atoms with Crippen molar-refractivity contribution in [3.05, 3.63) is 57.9 Å². The number of carbonyl (C=O) groups is 2. The van der Waals surface area contributed by atoms with Gasteiger partial charge in [0, 0.05) is 17.7 Å². The van der Waals surface area contributed by atoms with Crippen LogP contribution >= 0.6 is 0 Å². The van der Waals surface area contributed by atoms with Gasteiger partial charge in [0.2, 0.25) is 0 Å². The van der Waals surface area contributed by atoms with E-state index >= 15 is 0 Å². The van der Waals surface area contributed by atoms with Crippen molar-refractivity contribution in [2.24, 2.45) is 0 Å². The zero-order valence-electron chi connectivity index (χ0n) is 13.4. The molecule has 3 N–H and O–H groups in total. The van der Waals surface area contributed by atoms with E-state index in [1.165, 1.54) is 6.92 Å². The molecule has 120 valence electrons. The lowest BCUT2D eigenvalue weighted by Crippen LogP contribution is -2.34. The maximum Gasteiger partial charge on any atom is 0.268 e. The van der Waals surface area contributed by atoms with Crippen LogP contribution in [-0.4, -0.2) is 27.9 Å². The van der Waals surface area contributed by atoms with Crippen molar-refractivity contribution >= 4 is 11.7 Å². The summed E-state index contributed by atoms with van der Waals surface area (Å²) in [6, 6.07) is 7.27. The first kappa shape index (κ1) is 15.5. The number of fused-ring (bicyclic) bond motifs is 1. The Balaban J connectivity index is 1.89. The van der Waals surface area contributed by atoms with Crippen molar-refractivity contribution in [3.8, 4) is 0 Å². The zero-order valence-corrected chi connectivity index (χ0v) is 13.4. The molecule has 0 fully saturated rings. The normalized spacial score (nSPS) is 19.5. The molecule has 0 aliphatic heterocycles. The average Bonchev–Trinajstić information content (AvgIpc) is 2.96. The molecule has 3 rings (SSSR count). The first-order valence-electron chi connectivity index (χ1n) is 7.67. The van der Waals surface area contributed by atoms with E-state index in [1.54, 1.807) is 13.8 Å². The molecule has 2 atom stereocenters. The standard InChI is InChI=1S/C18H20N2O3/c1-9-15(11(3)21)10(2)19-16(9)18(23)20-17-13-7-5-4-6-12(13)8-14(17)22/h4-7,14,17,19,22H,8H2,1-3H3,(H,20,23)/t14-,17+/m0/s1. The first-order valence-corrected chi connectivity index (χ1v) is 7.67. The molecular weight excluding hydrogens is 292 g/mol. The third kappa shape index (κ3) is 2.57. The Kier molecular flexibility index (Phi) is 3.82. The Morgan fingerprint density at radius 3 is 2.61 bits per heavy atom. The fraction of sp³-hybridized carbons (Fsp3) is 0.333. The number of ketones is 1. The minimum absolute atomic E-state index is 0.0680. The van der Waals surface area contributed by atoms with Crippen molar-refractivity contribution in [1.29, 1.82) is 0 Å². The fourth-order valence-electron chi connectivity index (χ4n) is 3.47. The number of rotatable bonds is 3. The molecule has 0 unspecified atom stereocenters. The highest BCUT2D eigenvalue weighted by Gasteiger charge is 2.33. The molecule has 0 radical (unpaired) electrons. The van der Waals surface area contributed by atoms with Crippen LogP contribution in [-0.2, 0) is 6.42 Å². The Bertz CT molecular complexity index is 792. The molecule has 2 aromatic rings. The average molecular weight is 312 g/mol. The lowest BCUT2D eigenvalue weighted by atomic mass is 10.1. The van der Waals surface area contributed by atoms with E-state index in [0.717, 1.165) is 11.1 Å². The molecule has 0 bridgehead atoms. The number of aliphatic hydroxyl groups is 1. The molecule has 5 heteroatoms. The Morgan fingerprint density at radius 2 is 1.96 bits per heavy atom. The Morgan fingerprint density at radius 1 is 1.26 bits per heavy atom. The minimum Gasteiger partial charge on any atom is -0.390 e. The topological polar surface area (TPSA) is 82.2 Å². The highest BCUT2D eigenvalue weighted by atomic mass is 16.3. The number of aryl methyl sites for hydroxylation is 1. The summed E-state index contributed by atoms with van der Waals surface area (Å²) in [6.07, 6.45) is -0.109. The second kappa shape index (κ2) is 5.66. The van der Waals surface area contributed by atoms with Crippen molar-refractivity contribution in [1.82, 2.24) is 10.3 Å². The van der Waals surface area contributed by atoms with Gasteiger partial charge in [-0.25, -0.2) is 0 Å². The van der Waals surface area contributed by atoms with Gasteiger partial charge < -0.3 is 15.4 Å². The molecule has 5 nitrogen and oxygen atoms in total. The van der Waals surface area contributed by atoms with Crippen molar-refractivity contribution in [2.45, 2.75) is 39.3 Å². The Hall–Kier alpha value is -2.40. The molecule has 0 saturated heterocycles. The molecule has 23 heavy (non-hydrogen) atoms. The van der Waals surface area contributed by atoms with Crippen LogP contribution < -0.4 is 5.32 Å². The van der Waals surface area contributed by atoms with Gasteiger partial charge in [-0.15, -0.1) is 0 Å². The van der Waals surface area contributed by atoms with Crippen LogP contribution in [0.25, 0.3) is 0 Å². The van der Waals surface area contributed by atoms with Gasteiger partial charge in [-0.3, -0.25) is 9.59 Å². The number of hydrogen-bond acceptors (Lipinski definition) is 3. The maximum absolute atomic E-state index is 12.6. The molecule has 1 aromatic heterocycles. The van der Waals surface area contributed by atoms with Gasteiger partial charge >= 0.3 is 0 Å². The zero-order chi connectivity index (χ0) is 16.7. The van der Waals surface area contributed by atoms with Crippen molar-refractivity contribution in [3.63, 3.8) is 0 Å². The highest BCUT2D eigenvalue weighted by Crippen LogP contribution is 2.31. The number of aromatic amines is 1. The fourth-order valence-corrected chi connectivity index (χ4v) is 3.47. The number of aliphatic hydroxyl groups excluding tert-OH is 1. The van der Waals surface area contributed by atoms with E-state index in [-0.39, 0.29) is 11.7 Å². The number of hydrogen-bond donors (Lipinski definition) is 3. The minimum atomic E-state index is -0.639. The van der Waals surface area contributed by atoms with E-state index in [1.807, 2.05) is 24.3 Å². The number of aromatic nitrogens is 1. The smallest absolute Gasteiger partial charge is 0.268 e. The van der Waals surface area contributed by atoms with Crippen LogP contribution in [0.5, 0.6) is 0 Å². The largest absolute Gasteiger partial charge is 0.390 e. The van der Waals surface area contributed by atoms with E-state index < -0.39 is 12.1 Å². The molecule has 1 aliphatic carbocycles. The van der Waals surface area contributed by atoms with Crippen LogP contribution in [0.3, 0.4) is 0 Å². The SMILES string of the molecule is CC(=O)c1c(C)[nH]c(C(=O)N[C@@H]2c3ccccc3C[C@@H]2O)c1C. The van der Waals surface area contributed by atoms with Gasteiger partial charge in [0.25, 0.3) is 5.91 Å².